The number of aromatic nitrogens is 1. The monoisotopic (exact) mass is 205 g/mol. The van der Waals surface area contributed by atoms with Gasteiger partial charge in [0.05, 0.1) is 0 Å². The number of amides is 1. The highest BCUT2D eigenvalue weighted by molar-refractivity contribution is 5.85. The molecular formula is C11H15N3O. The van der Waals surface area contributed by atoms with E-state index in [1.807, 2.05) is 19.1 Å². The Bertz CT molecular complexity index is 365. The highest BCUT2D eigenvalue weighted by Gasteiger charge is 2.21. The number of aryl methyl sites for hydroxylation is 1. The van der Waals surface area contributed by atoms with Crippen LogP contribution in [0.3, 0.4) is 0 Å². The third-order valence-electron chi connectivity index (χ3n) is 2.52. The molecule has 80 valence electrons. The third-order valence-corrected chi connectivity index (χ3v) is 2.52. The number of nitrogens with one attached hydrogen (secondary N) is 2. The van der Waals surface area contributed by atoms with Gasteiger partial charge in [-0.05, 0) is 31.9 Å². The van der Waals surface area contributed by atoms with E-state index in [1.165, 1.54) is 0 Å². The maximum atomic E-state index is 11.5. The van der Waals surface area contributed by atoms with Crippen LogP contribution >= 0.6 is 0 Å². The molecule has 0 radical (unpaired) electrons. The van der Waals surface area contributed by atoms with E-state index in [0.717, 1.165) is 30.8 Å². The molecule has 4 heteroatoms. The topological polar surface area (TPSA) is 54.0 Å². The molecule has 1 fully saturated rings. The van der Waals surface area contributed by atoms with Gasteiger partial charge in [0.15, 0.2) is 0 Å². The Morgan fingerprint density at radius 1 is 1.60 bits per heavy atom. The number of carbonyl (C=O) groups excluding carboxylic acids is 1. The van der Waals surface area contributed by atoms with Crippen molar-refractivity contribution in [2.75, 3.05) is 11.9 Å². The molecule has 2 heterocycles. The molecule has 0 bridgehead atoms. The fourth-order valence-corrected chi connectivity index (χ4v) is 1.75. The molecule has 1 aromatic heterocycles. The van der Waals surface area contributed by atoms with Gasteiger partial charge in [-0.1, -0.05) is 0 Å². The molecule has 0 aromatic carbocycles. The molecule has 1 aromatic rings. The van der Waals surface area contributed by atoms with E-state index in [0.29, 0.717) is 0 Å². The summed E-state index contributed by atoms with van der Waals surface area (Å²) in [5.74, 6) is 0.0933. The third kappa shape index (κ3) is 2.46. The molecule has 2 rings (SSSR count). The number of anilines is 1. The van der Waals surface area contributed by atoms with Crippen LogP contribution < -0.4 is 10.6 Å². The molecule has 0 aliphatic carbocycles. The maximum absolute atomic E-state index is 11.5. The molecule has 1 unspecified atom stereocenters. The zero-order chi connectivity index (χ0) is 10.7. The lowest BCUT2D eigenvalue weighted by Crippen LogP contribution is -2.44. The van der Waals surface area contributed by atoms with E-state index < -0.39 is 0 Å². The van der Waals surface area contributed by atoms with Crippen molar-refractivity contribution in [1.82, 2.24) is 10.3 Å². The van der Waals surface area contributed by atoms with E-state index in [-0.39, 0.29) is 11.9 Å². The smallest absolute Gasteiger partial charge is 0.242 e. The normalized spacial score (nSPS) is 20.9. The Kier molecular flexibility index (Phi) is 2.85. The molecule has 1 saturated heterocycles. The Balaban J connectivity index is 2.04. The summed E-state index contributed by atoms with van der Waals surface area (Å²) in [7, 11) is 0. The van der Waals surface area contributed by atoms with Crippen LogP contribution in [0, 0.1) is 6.92 Å². The summed E-state index contributed by atoms with van der Waals surface area (Å²) in [4.78, 5) is 15.6. The minimum Gasteiger partial charge on any atom is -0.374 e. The summed E-state index contributed by atoms with van der Waals surface area (Å²) in [5.41, 5.74) is 1.92. The van der Waals surface area contributed by atoms with Gasteiger partial charge in [-0.3, -0.25) is 9.78 Å². The number of hydrogen-bond acceptors (Lipinski definition) is 3. The van der Waals surface area contributed by atoms with Gasteiger partial charge in [-0.15, -0.1) is 0 Å². The lowest BCUT2D eigenvalue weighted by atomic mass is 10.1. The molecule has 1 amide bonds. The lowest BCUT2D eigenvalue weighted by molar-refractivity contribution is -0.123. The number of pyridine rings is 1. The van der Waals surface area contributed by atoms with E-state index in [9.17, 15) is 4.79 Å². The quantitative estimate of drug-likeness (QED) is 0.759. The SMILES string of the molecule is Cc1cc(NC2CCCNC2=O)ccn1. The van der Waals surface area contributed by atoms with E-state index >= 15 is 0 Å². The molecule has 1 atom stereocenters. The summed E-state index contributed by atoms with van der Waals surface area (Å²) < 4.78 is 0. The van der Waals surface area contributed by atoms with E-state index in [1.54, 1.807) is 6.20 Å². The first-order chi connectivity index (χ1) is 7.25. The Labute approximate surface area is 89.1 Å². The Morgan fingerprint density at radius 2 is 2.47 bits per heavy atom. The van der Waals surface area contributed by atoms with Crippen LogP contribution in [0.4, 0.5) is 5.69 Å². The first-order valence-electron chi connectivity index (χ1n) is 5.22. The van der Waals surface area contributed by atoms with Crippen molar-refractivity contribution in [3.8, 4) is 0 Å². The van der Waals surface area contributed by atoms with Crippen molar-refractivity contribution in [2.24, 2.45) is 0 Å². The first-order valence-corrected chi connectivity index (χ1v) is 5.22. The van der Waals surface area contributed by atoms with Gasteiger partial charge in [0, 0.05) is 24.1 Å². The van der Waals surface area contributed by atoms with Gasteiger partial charge in [-0.2, -0.15) is 0 Å². The van der Waals surface area contributed by atoms with Crippen molar-refractivity contribution < 1.29 is 4.79 Å². The second kappa shape index (κ2) is 4.29. The Morgan fingerprint density at radius 3 is 3.20 bits per heavy atom. The fourth-order valence-electron chi connectivity index (χ4n) is 1.75. The highest BCUT2D eigenvalue weighted by atomic mass is 16.2. The van der Waals surface area contributed by atoms with Gasteiger partial charge in [0.25, 0.3) is 0 Å². The fraction of sp³-hybridized carbons (Fsp3) is 0.455. The summed E-state index contributed by atoms with van der Waals surface area (Å²) in [6, 6.07) is 3.73. The molecule has 1 aliphatic rings. The van der Waals surface area contributed by atoms with Crippen molar-refractivity contribution in [2.45, 2.75) is 25.8 Å². The van der Waals surface area contributed by atoms with Crippen LogP contribution in [0.15, 0.2) is 18.3 Å². The predicted octanol–water partition coefficient (Wildman–Crippen LogP) is 1.08. The van der Waals surface area contributed by atoms with E-state index in [2.05, 4.69) is 15.6 Å². The lowest BCUT2D eigenvalue weighted by Gasteiger charge is -2.23. The van der Waals surface area contributed by atoms with Crippen LogP contribution in [-0.2, 0) is 4.79 Å². The molecule has 2 N–H and O–H groups in total. The van der Waals surface area contributed by atoms with Gasteiger partial charge in [-0.25, -0.2) is 0 Å². The van der Waals surface area contributed by atoms with Crippen LogP contribution in [0.5, 0.6) is 0 Å². The predicted molar refractivity (Wildman–Crippen MR) is 58.6 cm³/mol. The van der Waals surface area contributed by atoms with Crippen LogP contribution in [0.1, 0.15) is 18.5 Å². The largest absolute Gasteiger partial charge is 0.374 e. The number of nitrogens with zero attached hydrogens (tertiary/aromatic N) is 1. The van der Waals surface area contributed by atoms with Crippen LogP contribution in [-0.4, -0.2) is 23.5 Å². The minimum atomic E-state index is -0.0967. The zero-order valence-electron chi connectivity index (χ0n) is 8.79. The maximum Gasteiger partial charge on any atom is 0.242 e. The van der Waals surface area contributed by atoms with Gasteiger partial charge in [0.1, 0.15) is 6.04 Å². The molecule has 0 saturated carbocycles. The van der Waals surface area contributed by atoms with Gasteiger partial charge in [0.2, 0.25) is 5.91 Å². The van der Waals surface area contributed by atoms with Crippen molar-refractivity contribution >= 4 is 11.6 Å². The highest BCUT2D eigenvalue weighted by Crippen LogP contribution is 2.13. The summed E-state index contributed by atoms with van der Waals surface area (Å²) >= 11 is 0. The average molecular weight is 205 g/mol. The van der Waals surface area contributed by atoms with Crippen molar-refractivity contribution in [1.29, 1.82) is 0 Å². The molecule has 1 aliphatic heterocycles. The number of hydrogen-bond donors (Lipinski definition) is 2. The summed E-state index contributed by atoms with van der Waals surface area (Å²) in [6.07, 6.45) is 3.68. The minimum absolute atomic E-state index is 0.0933. The van der Waals surface area contributed by atoms with Gasteiger partial charge < -0.3 is 10.6 Å². The van der Waals surface area contributed by atoms with E-state index in [4.69, 9.17) is 0 Å². The molecular weight excluding hydrogens is 190 g/mol. The Hall–Kier alpha value is -1.58. The average Bonchev–Trinajstić information content (AvgIpc) is 2.22. The second-order valence-electron chi connectivity index (χ2n) is 3.82. The van der Waals surface area contributed by atoms with Crippen LogP contribution in [0.25, 0.3) is 0 Å². The number of piperidine rings is 1. The second-order valence-corrected chi connectivity index (χ2v) is 3.82. The molecule has 15 heavy (non-hydrogen) atoms. The first kappa shape index (κ1) is 9.96. The summed E-state index contributed by atoms with van der Waals surface area (Å²) in [6.45, 7) is 2.73. The standard InChI is InChI=1S/C11H15N3O/c1-8-7-9(4-6-12-8)14-10-3-2-5-13-11(10)15/h4,6-7,10H,2-3,5H2,1H3,(H,12,14)(H,13,15). The molecule has 4 nitrogen and oxygen atoms in total. The zero-order valence-corrected chi connectivity index (χ0v) is 8.79. The van der Waals surface area contributed by atoms with Gasteiger partial charge >= 0.3 is 0 Å². The van der Waals surface area contributed by atoms with Crippen molar-refractivity contribution in [3.63, 3.8) is 0 Å². The van der Waals surface area contributed by atoms with Crippen molar-refractivity contribution in [3.05, 3.63) is 24.0 Å². The number of rotatable bonds is 2. The number of carbonyl (C=O) groups is 1. The summed E-state index contributed by atoms with van der Waals surface area (Å²) in [5, 5.41) is 6.07. The molecule has 0 spiro atoms. The van der Waals surface area contributed by atoms with Crippen LogP contribution in [0.2, 0.25) is 0 Å².